The van der Waals surface area contributed by atoms with Crippen molar-refractivity contribution in [2.75, 3.05) is 26.2 Å². The summed E-state index contributed by atoms with van der Waals surface area (Å²) in [6.07, 6.45) is 6.01. The highest BCUT2D eigenvalue weighted by Crippen LogP contribution is 2.60. The fourth-order valence-electron chi connectivity index (χ4n) is 6.25. The number of amides is 3. The highest BCUT2D eigenvalue weighted by atomic mass is 79.9. The van der Waals surface area contributed by atoms with Gasteiger partial charge in [-0.05, 0) is 33.1 Å². The van der Waals surface area contributed by atoms with Crippen LogP contribution in [0.3, 0.4) is 0 Å². The van der Waals surface area contributed by atoms with Crippen molar-refractivity contribution in [3.63, 3.8) is 0 Å². The second kappa shape index (κ2) is 14.1. The third-order valence-corrected chi connectivity index (χ3v) is 8.99. The number of nitrogens with one attached hydrogen (secondary N) is 1. The summed E-state index contributed by atoms with van der Waals surface area (Å²) in [5, 5.41) is 12.8. The maximum Gasteiger partial charge on any atom is 0.312 e. The van der Waals surface area contributed by atoms with Gasteiger partial charge in [-0.25, -0.2) is 0 Å². The summed E-state index contributed by atoms with van der Waals surface area (Å²) in [4.78, 5) is 56.5. The van der Waals surface area contributed by atoms with Crippen molar-refractivity contribution >= 4 is 39.6 Å². The molecular weight excluding hydrogens is 582 g/mol. The lowest BCUT2D eigenvalue weighted by Crippen LogP contribution is -2.58. The minimum atomic E-state index is -1.23. The number of alkyl halides is 1. The molecule has 3 rings (SSSR count). The Kier molecular flexibility index (Phi) is 11.4. The van der Waals surface area contributed by atoms with Gasteiger partial charge in [-0.15, -0.1) is 13.2 Å². The van der Waals surface area contributed by atoms with Crippen molar-refractivity contribution < 1.29 is 33.8 Å². The third-order valence-electron chi connectivity index (χ3n) is 8.14. The molecule has 1 spiro atoms. The maximum atomic E-state index is 14.2. The van der Waals surface area contributed by atoms with E-state index in [9.17, 15) is 24.3 Å². The molecule has 0 radical (unpaired) electrons. The van der Waals surface area contributed by atoms with E-state index >= 15 is 0 Å². The molecule has 3 fully saturated rings. The molecule has 2 N–H and O–H groups in total. The molecule has 11 heteroatoms. The first-order chi connectivity index (χ1) is 19.1. The Hall–Kier alpha value is -2.24. The monoisotopic (exact) mass is 625 g/mol. The van der Waals surface area contributed by atoms with Gasteiger partial charge in [0.1, 0.15) is 17.7 Å². The van der Waals surface area contributed by atoms with Crippen LogP contribution in [0.1, 0.15) is 59.3 Å². The van der Waals surface area contributed by atoms with E-state index in [2.05, 4.69) is 41.3 Å². The van der Waals surface area contributed by atoms with Gasteiger partial charge in [-0.1, -0.05) is 47.8 Å². The van der Waals surface area contributed by atoms with E-state index in [1.807, 2.05) is 0 Å². The molecule has 8 atom stereocenters. The molecule has 3 aliphatic rings. The highest BCUT2D eigenvalue weighted by molar-refractivity contribution is 9.09. The molecule has 0 saturated carbocycles. The number of ether oxygens (including phenoxy) is 2. The molecule has 224 valence electrons. The molecule has 2 bridgehead atoms. The Morgan fingerprint density at radius 1 is 1.30 bits per heavy atom. The van der Waals surface area contributed by atoms with E-state index in [1.165, 1.54) is 4.90 Å². The zero-order valence-electron chi connectivity index (χ0n) is 23.9. The van der Waals surface area contributed by atoms with Gasteiger partial charge >= 0.3 is 5.97 Å². The van der Waals surface area contributed by atoms with E-state index in [-0.39, 0.29) is 35.7 Å². The number of hydrogen-bond donors (Lipinski definition) is 2. The second-order valence-electron chi connectivity index (χ2n) is 11.1. The molecule has 1 unspecified atom stereocenters. The van der Waals surface area contributed by atoms with Gasteiger partial charge in [-0.2, -0.15) is 0 Å². The topological polar surface area (TPSA) is 125 Å². The molecule has 3 saturated heterocycles. The number of likely N-dealkylation sites (tertiary alicyclic amines) is 1. The summed E-state index contributed by atoms with van der Waals surface area (Å²) in [6, 6.07) is -1.64. The lowest BCUT2D eigenvalue weighted by atomic mass is 9.70. The molecule has 0 aliphatic carbocycles. The van der Waals surface area contributed by atoms with Crippen LogP contribution in [-0.4, -0.2) is 99.6 Å². The number of halogens is 1. The zero-order chi connectivity index (χ0) is 29.6. The molecule has 0 aromatic carbocycles. The van der Waals surface area contributed by atoms with Gasteiger partial charge in [-0.3, -0.25) is 19.2 Å². The highest BCUT2D eigenvalue weighted by Gasteiger charge is 2.77. The van der Waals surface area contributed by atoms with Gasteiger partial charge in [0.2, 0.25) is 17.7 Å². The smallest absolute Gasteiger partial charge is 0.312 e. The maximum absolute atomic E-state index is 14.2. The SMILES string of the molecule is C=CCCC(=O)NC[C@@H](C)OC(=O)[C@H]1[C@@H]2O[C@@]3(CC2Br)[C@@H]1C(=O)N([C@H](C)CO)[C@@H]3C(=O)N(CC=C)CCCCC. The van der Waals surface area contributed by atoms with Crippen molar-refractivity contribution in [3.8, 4) is 0 Å². The molecule has 3 heterocycles. The van der Waals surface area contributed by atoms with E-state index in [0.717, 1.165) is 19.3 Å². The number of carbonyl (C=O) groups excluding carboxylic acids is 4. The quantitative estimate of drug-likeness (QED) is 0.117. The lowest BCUT2D eigenvalue weighted by molar-refractivity contribution is -0.160. The predicted molar refractivity (Wildman–Crippen MR) is 153 cm³/mol. The number of nitrogens with zero attached hydrogens (tertiary/aromatic N) is 2. The van der Waals surface area contributed by atoms with Crippen LogP contribution in [0.5, 0.6) is 0 Å². The van der Waals surface area contributed by atoms with Crippen LogP contribution in [-0.2, 0) is 28.7 Å². The largest absolute Gasteiger partial charge is 0.460 e. The van der Waals surface area contributed by atoms with Gasteiger partial charge < -0.3 is 29.7 Å². The number of fused-ring (bicyclic) bond motifs is 1. The Balaban J connectivity index is 1.87. The first-order valence-corrected chi connectivity index (χ1v) is 15.2. The Bertz CT molecular complexity index is 977. The van der Waals surface area contributed by atoms with E-state index in [1.54, 1.807) is 30.9 Å². The van der Waals surface area contributed by atoms with Gasteiger partial charge in [0.05, 0.1) is 37.1 Å². The van der Waals surface area contributed by atoms with Crippen molar-refractivity contribution in [2.45, 2.75) is 94.0 Å². The third kappa shape index (κ3) is 6.31. The van der Waals surface area contributed by atoms with Crippen LogP contribution in [0.25, 0.3) is 0 Å². The Morgan fingerprint density at radius 2 is 2.02 bits per heavy atom. The van der Waals surface area contributed by atoms with Crippen molar-refractivity contribution in [1.29, 1.82) is 0 Å². The Morgan fingerprint density at radius 3 is 2.65 bits per heavy atom. The number of esters is 1. The first-order valence-electron chi connectivity index (χ1n) is 14.3. The standard InChI is InChI=1S/C29H44BrN3O7/c1-6-9-11-14-32(13-8-3)27(37)25-29-15-20(30)24(40-29)22(23(29)26(36)33(25)18(4)17-34)28(38)39-19(5)16-31-21(35)12-10-7-2/h7-8,18-20,22-25,34H,2-3,6,9-17H2,1,4-5H3,(H,31,35)/t18-,19-,20?,22-,23+,24-,25-,29+/m1/s1. The van der Waals surface area contributed by atoms with Gasteiger partial charge in [0.25, 0.3) is 0 Å². The summed E-state index contributed by atoms with van der Waals surface area (Å²) in [6.45, 7) is 13.5. The second-order valence-corrected chi connectivity index (χ2v) is 12.3. The van der Waals surface area contributed by atoms with Crippen LogP contribution < -0.4 is 5.32 Å². The van der Waals surface area contributed by atoms with E-state index in [4.69, 9.17) is 9.47 Å². The fraction of sp³-hybridized carbons (Fsp3) is 0.724. The number of carbonyl (C=O) groups is 4. The van der Waals surface area contributed by atoms with Crippen LogP contribution in [0, 0.1) is 11.8 Å². The number of rotatable bonds is 16. The Labute approximate surface area is 245 Å². The van der Waals surface area contributed by atoms with Crippen LogP contribution in [0.2, 0.25) is 0 Å². The van der Waals surface area contributed by atoms with Crippen LogP contribution in [0.4, 0.5) is 0 Å². The minimum absolute atomic E-state index is 0.129. The van der Waals surface area contributed by atoms with Gasteiger partial charge in [0.15, 0.2) is 0 Å². The van der Waals surface area contributed by atoms with Crippen LogP contribution in [0.15, 0.2) is 25.3 Å². The van der Waals surface area contributed by atoms with Crippen molar-refractivity contribution in [3.05, 3.63) is 25.3 Å². The van der Waals surface area contributed by atoms with Crippen molar-refractivity contribution in [1.82, 2.24) is 15.1 Å². The van der Waals surface area contributed by atoms with Crippen molar-refractivity contribution in [2.24, 2.45) is 11.8 Å². The summed E-state index contributed by atoms with van der Waals surface area (Å²) in [7, 11) is 0. The normalized spacial score (nSPS) is 30.0. The average Bonchev–Trinajstić information content (AvgIpc) is 3.52. The summed E-state index contributed by atoms with van der Waals surface area (Å²) in [5.74, 6) is -3.27. The molecule has 0 aromatic rings. The first kappa shape index (κ1) is 32.3. The predicted octanol–water partition coefficient (Wildman–Crippen LogP) is 2.33. The summed E-state index contributed by atoms with van der Waals surface area (Å²) in [5.41, 5.74) is -1.23. The van der Waals surface area contributed by atoms with Crippen LogP contribution >= 0.6 is 15.9 Å². The molecular formula is C29H44BrN3O7. The minimum Gasteiger partial charge on any atom is -0.460 e. The number of aliphatic hydroxyl groups is 1. The molecule has 3 aliphatic heterocycles. The molecule has 3 amide bonds. The van der Waals surface area contributed by atoms with E-state index in [0.29, 0.717) is 32.4 Å². The molecule has 40 heavy (non-hydrogen) atoms. The van der Waals surface area contributed by atoms with Gasteiger partial charge in [0, 0.05) is 24.3 Å². The number of unbranched alkanes of at least 4 members (excludes halogenated alkanes) is 2. The molecule has 10 nitrogen and oxygen atoms in total. The number of allylic oxidation sites excluding steroid dienone is 1. The summed E-state index contributed by atoms with van der Waals surface area (Å²) >= 11 is 3.65. The molecule has 0 aromatic heterocycles. The lowest BCUT2D eigenvalue weighted by Gasteiger charge is -2.38. The summed E-state index contributed by atoms with van der Waals surface area (Å²) < 4.78 is 12.2. The fourth-order valence-corrected chi connectivity index (χ4v) is 7.19. The number of hydrogen-bond acceptors (Lipinski definition) is 7. The number of aliphatic hydroxyl groups excluding tert-OH is 1. The van der Waals surface area contributed by atoms with E-state index < -0.39 is 47.7 Å². The average molecular weight is 627 g/mol. The zero-order valence-corrected chi connectivity index (χ0v) is 25.4.